The van der Waals surface area contributed by atoms with Gasteiger partial charge in [-0.05, 0) is 48.9 Å². The first kappa shape index (κ1) is 12.4. The summed E-state index contributed by atoms with van der Waals surface area (Å²) in [6.07, 6.45) is 3.51. The van der Waals surface area contributed by atoms with Crippen molar-refractivity contribution in [3.8, 4) is 0 Å². The SMILES string of the molecule is CC(C)CN1CCCc2ccc(CCN)cc21. The Bertz CT molecular complexity index is 371. The second-order valence-electron chi connectivity index (χ2n) is 5.45. The van der Waals surface area contributed by atoms with Crippen LogP contribution in [0.2, 0.25) is 0 Å². The first-order valence-electron chi connectivity index (χ1n) is 6.77. The molecule has 2 nitrogen and oxygen atoms in total. The Balaban J connectivity index is 2.24. The minimum atomic E-state index is 0.721. The predicted octanol–water partition coefficient (Wildman–Crippen LogP) is 2.60. The summed E-state index contributed by atoms with van der Waals surface area (Å²) in [6, 6.07) is 6.89. The van der Waals surface area contributed by atoms with Crippen LogP contribution in [0.3, 0.4) is 0 Å². The summed E-state index contributed by atoms with van der Waals surface area (Å²) in [6.45, 7) is 7.69. The maximum absolute atomic E-state index is 5.64. The number of benzene rings is 1. The van der Waals surface area contributed by atoms with Gasteiger partial charge in [0.1, 0.15) is 0 Å². The molecule has 0 radical (unpaired) electrons. The molecule has 2 heteroatoms. The van der Waals surface area contributed by atoms with Crippen LogP contribution in [-0.2, 0) is 12.8 Å². The van der Waals surface area contributed by atoms with Gasteiger partial charge in [-0.2, -0.15) is 0 Å². The predicted molar refractivity (Wildman–Crippen MR) is 74.6 cm³/mol. The molecule has 0 bridgehead atoms. The standard InChI is InChI=1S/C15H24N2/c1-12(2)11-17-9-3-4-14-6-5-13(7-8-16)10-15(14)17/h5-6,10,12H,3-4,7-9,11,16H2,1-2H3. The Morgan fingerprint density at radius 2 is 2.18 bits per heavy atom. The molecule has 0 spiro atoms. The van der Waals surface area contributed by atoms with Gasteiger partial charge in [-0.3, -0.25) is 0 Å². The summed E-state index contributed by atoms with van der Waals surface area (Å²) in [4.78, 5) is 2.55. The third-order valence-corrected chi connectivity index (χ3v) is 3.38. The zero-order valence-corrected chi connectivity index (χ0v) is 11.1. The number of anilines is 1. The van der Waals surface area contributed by atoms with Crippen LogP contribution in [0.25, 0.3) is 0 Å². The number of nitrogens with two attached hydrogens (primary N) is 1. The van der Waals surface area contributed by atoms with Crippen molar-refractivity contribution in [3.63, 3.8) is 0 Å². The molecule has 17 heavy (non-hydrogen) atoms. The number of fused-ring (bicyclic) bond motifs is 1. The van der Waals surface area contributed by atoms with Crippen LogP contribution in [0.5, 0.6) is 0 Å². The zero-order chi connectivity index (χ0) is 12.3. The fraction of sp³-hybridized carbons (Fsp3) is 0.600. The van der Waals surface area contributed by atoms with Gasteiger partial charge < -0.3 is 10.6 Å². The van der Waals surface area contributed by atoms with Crippen molar-refractivity contribution in [2.75, 3.05) is 24.5 Å². The van der Waals surface area contributed by atoms with Gasteiger partial charge in [0, 0.05) is 18.8 Å². The molecular weight excluding hydrogens is 208 g/mol. The van der Waals surface area contributed by atoms with Crippen molar-refractivity contribution in [1.82, 2.24) is 0 Å². The summed E-state index contributed by atoms with van der Waals surface area (Å²) in [7, 11) is 0. The van der Waals surface area contributed by atoms with E-state index in [0.29, 0.717) is 0 Å². The van der Waals surface area contributed by atoms with Gasteiger partial charge in [-0.15, -0.1) is 0 Å². The molecule has 0 saturated heterocycles. The second-order valence-corrected chi connectivity index (χ2v) is 5.45. The highest BCUT2D eigenvalue weighted by Crippen LogP contribution is 2.28. The molecule has 1 aromatic carbocycles. The van der Waals surface area contributed by atoms with Gasteiger partial charge in [0.05, 0.1) is 0 Å². The average Bonchev–Trinajstić information content (AvgIpc) is 2.29. The molecule has 2 rings (SSSR count). The van der Waals surface area contributed by atoms with Crippen molar-refractivity contribution in [1.29, 1.82) is 0 Å². The maximum Gasteiger partial charge on any atom is 0.0401 e. The van der Waals surface area contributed by atoms with Crippen molar-refractivity contribution in [2.45, 2.75) is 33.1 Å². The molecule has 1 heterocycles. The fourth-order valence-electron chi connectivity index (χ4n) is 2.65. The molecule has 0 amide bonds. The molecule has 0 unspecified atom stereocenters. The Morgan fingerprint density at radius 3 is 2.88 bits per heavy atom. The topological polar surface area (TPSA) is 29.3 Å². The van der Waals surface area contributed by atoms with E-state index in [-0.39, 0.29) is 0 Å². The summed E-state index contributed by atoms with van der Waals surface area (Å²) >= 11 is 0. The molecule has 1 aromatic rings. The summed E-state index contributed by atoms with van der Waals surface area (Å²) < 4.78 is 0. The lowest BCUT2D eigenvalue weighted by molar-refractivity contribution is 0.584. The number of hydrogen-bond donors (Lipinski definition) is 1. The highest BCUT2D eigenvalue weighted by Gasteiger charge is 2.17. The molecule has 0 saturated carbocycles. The van der Waals surface area contributed by atoms with E-state index in [0.717, 1.165) is 18.9 Å². The average molecular weight is 232 g/mol. The van der Waals surface area contributed by atoms with Gasteiger partial charge in [0.15, 0.2) is 0 Å². The van der Waals surface area contributed by atoms with Crippen molar-refractivity contribution in [3.05, 3.63) is 29.3 Å². The van der Waals surface area contributed by atoms with Gasteiger partial charge in [0.25, 0.3) is 0 Å². The first-order valence-corrected chi connectivity index (χ1v) is 6.77. The molecule has 0 fully saturated rings. The van der Waals surface area contributed by atoms with E-state index in [1.54, 1.807) is 0 Å². The summed E-state index contributed by atoms with van der Waals surface area (Å²) in [5.41, 5.74) is 9.98. The monoisotopic (exact) mass is 232 g/mol. The van der Waals surface area contributed by atoms with Crippen LogP contribution >= 0.6 is 0 Å². The molecule has 1 aliphatic heterocycles. The summed E-state index contributed by atoms with van der Waals surface area (Å²) in [5, 5.41) is 0. The van der Waals surface area contributed by atoms with Crippen LogP contribution in [0, 0.1) is 5.92 Å². The van der Waals surface area contributed by atoms with Crippen LogP contribution in [0.1, 0.15) is 31.4 Å². The Labute approximate surface area is 105 Å². The maximum atomic E-state index is 5.64. The number of hydrogen-bond acceptors (Lipinski definition) is 2. The highest BCUT2D eigenvalue weighted by atomic mass is 15.1. The van der Waals surface area contributed by atoms with Crippen LogP contribution < -0.4 is 10.6 Å². The van der Waals surface area contributed by atoms with E-state index in [2.05, 4.69) is 36.9 Å². The van der Waals surface area contributed by atoms with E-state index in [9.17, 15) is 0 Å². The molecule has 94 valence electrons. The van der Waals surface area contributed by atoms with E-state index in [1.807, 2.05) is 0 Å². The molecule has 2 N–H and O–H groups in total. The van der Waals surface area contributed by atoms with E-state index >= 15 is 0 Å². The van der Waals surface area contributed by atoms with Gasteiger partial charge in [0.2, 0.25) is 0 Å². The Hall–Kier alpha value is -1.02. The van der Waals surface area contributed by atoms with E-state index in [1.165, 1.54) is 42.7 Å². The molecule has 0 aliphatic carbocycles. The lowest BCUT2D eigenvalue weighted by atomic mass is 9.97. The smallest absolute Gasteiger partial charge is 0.0401 e. The van der Waals surface area contributed by atoms with Crippen LogP contribution in [-0.4, -0.2) is 19.6 Å². The van der Waals surface area contributed by atoms with Crippen molar-refractivity contribution >= 4 is 5.69 Å². The Morgan fingerprint density at radius 1 is 1.35 bits per heavy atom. The third kappa shape index (κ3) is 3.01. The van der Waals surface area contributed by atoms with Crippen molar-refractivity contribution in [2.24, 2.45) is 11.7 Å². The molecule has 1 aliphatic rings. The largest absolute Gasteiger partial charge is 0.371 e. The van der Waals surface area contributed by atoms with Gasteiger partial charge >= 0.3 is 0 Å². The van der Waals surface area contributed by atoms with E-state index < -0.39 is 0 Å². The van der Waals surface area contributed by atoms with Gasteiger partial charge in [-0.1, -0.05) is 26.0 Å². The number of nitrogens with zero attached hydrogens (tertiary/aromatic N) is 1. The molecular formula is C15H24N2. The lowest BCUT2D eigenvalue weighted by Crippen LogP contribution is -2.32. The molecule has 0 aromatic heterocycles. The number of rotatable bonds is 4. The Kier molecular flexibility index (Phi) is 4.06. The normalized spacial score (nSPS) is 15.2. The second kappa shape index (κ2) is 5.54. The fourth-order valence-corrected chi connectivity index (χ4v) is 2.65. The quantitative estimate of drug-likeness (QED) is 0.864. The highest BCUT2D eigenvalue weighted by molar-refractivity contribution is 5.57. The third-order valence-electron chi connectivity index (χ3n) is 3.38. The molecule has 0 atom stereocenters. The minimum Gasteiger partial charge on any atom is -0.371 e. The minimum absolute atomic E-state index is 0.721. The summed E-state index contributed by atoms with van der Waals surface area (Å²) in [5.74, 6) is 0.721. The number of aryl methyl sites for hydroxylation is 1. The van der Waals surface area contributed by atoms with Crippen molar-refractivity contribution < 1.29 is 0 Å². The van der Waals surface area contributed by atoms with Crippen LogP contribution in [0.4, 0.5) is 5.69 Å². The van der Waals surface area contributed by atoms with E-state index in [4.69, 9.17) is 5.73 Å². The lowest BCUT2D eigenvalue weighted by Gasteiger charge is -2.33. The van der Waals surface area contributed by atoms with Crippen LogP contribution in [0.15, 0.2) is 18.2 Å². The first-order chi connectivity index (χ1) is 8.20. The van der Waals surface area contributed by atoms with Gasteiger partial charge in [-0.25, -0.2) is 0 Å². The zero-order valence-electron chi connectivity index (χ0n) is 11.1.